The molecule has 0 aromatic carbocycles. The highest BCUT2D eigenvalue weighted by molar-refractivity contribution is 6.18. The molecular weight excluding hydrogens is 203 g/mol. The maximum Gasteiger partial charge on any atom is 0.245 e. The molecule has 0 bridgehead atoms. The summed E-state index contributed by atoms with van der Waals surface area (Å²) >= 11 is 10.7. The highest BCUT2D eigenvalue weighted by atomic mass is 35.5. The van der Waals surface area contributed by atoms with E-state index in [0.717, 1.165) is 5.01 Å². The largest absolute Gasteiger partial charge is 0.273 e. The summed E-state index contributed by atoms with van der Waals surface area (Å²) in [6.45, 7) is 0.159. The number of hydrogen-bond acceptors (Lipinski definition) is 3. The van der Waals surface area contributed by atoms with Gasteiger partial charge in [-0.3, -0.25) is 4.79 Å². The van der Waals surface area contributed by atoms with Gasteiger partial charge in [0.1, 0.15) is 0 Å². The lowest BCUT2D eigenvalue weighted by Crippen LogP contribution is -2.26. The van der Waals surface area contributed by atoms with Crippen molar-refractivity contribution in [1.82, 2.24) is 5.01 Å². The fraction of sp³-hybridized carbons (Fsp3) is 0.833. The minimum atomic E-state index is -0.327. The standard InChI is InChI=1S/C6H10Cl2N2O2/c7-3-1-2-6(11)10(9-12)5-4-8/h1-5H2. The lowest BCUT2D eigenvalue weighted by Gasteiger charge is -2.10. The molecule has 12 heavy (non-hydrogen) atoms. The van der Waals surface area contributed by atoms with Gasteiger partial charge in [0.2, 0.25) is 5.91 Å². The molecule has 0 spiro atoms. The normalized spacial score (nSPS) is 9.50. The predicted molar refractivity (Wildman–Crippen MR) is 48.2 cm³/mol. The average Bonchev–Trinajstić information content (AvgIpc) is 2.10. The van der Waals surface area contributed by atoms with Crippen molar-refractivity contribution in [1.29, 1.82) is 0 Å². The van der Waals surface area contributed by atoms with Crippen LogP contribution in [0.4, 0.5) is 0 Å². The Bertz CT molecular complexity index is 154. The molecule has 0 rings (SSSR count). The van der Waals surface area contributed by atoms with Gasteiger partial charge in [0, 0.05) is 18.2 Å². The van der Waals surface area contributed by atoms with E-state index in [0.29, 0.717) is 12.3 Å². The van der Waals surface area contributed by atoms with Crippen LogP contribution in [0.25, 0.3) is 0 Å². The quantitative estimate of drug-likeness (QED) is 0.383. The van der Waals surface area contributed by atoms with Crippen molar-refractivity contribution >= 4 is 29.1 Å². The van der Waals surface area contributed by atoms with Gasteiger partial charge < -0.3 is 0 Å². The molecular formula is C6H10Cl2N2O2. The lowest BCUT2D eigenvalue weighted by atomic mass is 10.3. The first kappa shape index (κ1) is 11.6. The van der Waals surface area contributed by atoms with Crippen molar-refractivity contribution in [2.24, 2.45) is 5.29 Å². The van der Waals surface area contributed by atoms with E-state index in [9.17, 15) is 9.70 Å². The van der Waals surface area contributed by atoms with Crippen LogP contribution in [0.5, 0.6) is 0 Å². The smallest absolute Gasteiger partial charge is 0.245 e. The molecule has 0 saturated carbocycles. The zero-order valence-electron chi connectivity index (χ0n) is 6.50. The van der Waals surface area contributed by atoms with Crippen LogP contribution in [0.1, 0.15) is 12.8 Å². The maximum absolute atomic E-state index is 11.0. The first-order valence-corrected chi connectivity index (χ1v) is 4.58. The van der Waals surface area contributed by atoms with Crippen LogP contribution in [-0.2, 0) is 4.79 Å². The minimum absolute atomic E-state index is 0.159. The van der Waals surface area contributed by atoms with Gasteiger partial charge in [-0.1, -0.05) is 0 Å². The van der Waals surface area contributed by atoms with Crippen LogP contribution >= 0.6 is 23.2 Å². The van der Waals surface area contributed by atoms with Crippen LogP contribution in [0, 0.1) is 4.91 Å². The Labute approximate surface area is 80.8 Å². The van der Waals surface area contributed by atoms with Gasteiger partial charge in [0.25, 0.3) is 0 Å². The first-order valence-electron chi connectivity index (χ1n) is 3.51. The van der Waals surface area contributed by atoms with Crippen molar-refractivity contribution in [3.8, 4) is 0 Å². The van der Waals surface area contributed by atoms with Gasteiger partial charge in [0.05, 0.1) is 11.8 Å². The number of nitroso groups, excluding NO2 is 1. The van der Waals surface area contributed by atoms with Crippen molar-refractivity contribution < 1.29 is 4.79 Å². The van der Waals surface area contributed by atoms with E-state index in [1.807, 2.05) is 0 Å². The second kappa shape index (κ2) is 7.31. The third kappa shape index (κ3) is 4.51. The molecule has 0 heterocycles. The molecule has 0 N–H and O–H groups in total. The van der Waals surface area contributed by atoms with E-state index in [1.54, 1.807) is 0 Å². The third-order valence-electron chi connectivity index (χ3n) is 1.21. The lowest BCUT2D eigenvalue weighted by molar-refractivity contribution is -0.131. The van der Waals surface area contributed by atoms with Gasteiger partial charge in [0.15, 0.2) is 0 Å². The van der Waals surface area contributed by atoms with Crippen LogP contribution in [0.2, 0.25) is 0 Å². The van der Waals surface area contributed by atoms with Gasteiger partial charge >= 0.3 is 0 Å². The third-order valence-corrected chi connectivity index (χ3v) is 1.64. The number of amides is 1. The molecule has 6 heteroatoms. The van der Waals surface area contributed by atoms with Crippen molar-refractivity contribution in [2.45, 2.75) is 12.8 Å². The number of rotatable bonds is 6. The summed E-state index contributed by atoms with van der Waals surface area (Å²) in [5.41, 5.74) is 0. The molecule has 4 nitrogen and oxygen atoms in total. The van der Waals surface area contributed by atoms with Crippen LogP contribution < -0.4 is 0 Å². The van der Waals surface area contributed by atoms with E-state index < -0.39 is 0 Å². The molecule has 1 amide bonds. The highest BCUT2D eigenvalue weighted by Gasteiger charge is 2.11. The number of alkyl halides is 2. The molecule has 0 radical (unpaired) electrons. The molecule has 0 unspecified atom stereocenters. The summed E-state index contributed by atoms with van der Waals surface area (Å²) in [7, 11) is 0. The Morgan fingerprint density at radius 2 is 2.00 bits per heavy atom. The van der Waals surface area contributed by atoms with Crippen LogP contribution in [-0.4, -0.2) is 29.2 Å². The Kier molecular flexibility index (Phi) is 7.09. The Hall–Kier alpha value is -0.350. The topological polar surface area (TPSA) is 49.7 Å². The van der Waals surface area contributed by atoms with Crippen molar-refractivity contribution in [3.63, 3.8) is 0 Å². The van der Waals surface area contributed by atoms with Gasteiger partial charge in [-0.05, 0) is 6.42 Å². The van der Waals surface area contributed by atoms with Crippen LogP contribution in [0.3, 0.4) is 0 Å². The highest BCUT2D eigenvalue weighted by Crippen LogP contribution is 2.00. The monoisotopic (exact) mass is 212 g/mol. The summed E-state index contributed by atoms with van der Waals surface area (Å²) in [6.07, 6.45) is 0.792. The van der Waals surface area contributed by atoms with E-state index in [2.05, 4.69) is 5.29 Å². The average molecular weight is 213 g/mol. The van der Waals surface area contributed by atoms with E-state index in [1.165, 1.54) is 0 Å². The summed E-state index contributed by atoms with van der Waals surface area (Å²) in [4.78, 5) is 21.1. The van der Waals surface area contributed by atoms with Gasteiger partial charge in [-0.15, -0.1) is 28.1 Å². The summed E-state index contributed by atoms with van der Waals surface area (Å²) < 4.78 is 0. The van der Waals surface area contributed by atoms with Gasteiger partial charge in [-0.2, -0.15) is 5.01 Å². The minimum Gasteiger partial charge on any atom is -0.273 e. The maximum atomic E-state index is 11.0. The second-order valence-electron chi connectivity index (χ2n) is 2.08. The number of hydrogen-bond donors (Lipinski definition) is 0. The summed E-state index contributed by atoms with van der Waals surface area (Å²) in [5, 5.41) is 3.36. The second-order valence-corrected chi connectivity index (χ2v) is 2.84. The van der Waals surface area contributed by atoms with E-state index >= 15 is 0 Å². The van der Waals surface area contributed by atoms with Crippen LogP contribution in [0.15, 0.2) is 5.29 Å². The van der Waals surface area contributed by atoms with E-state index in [-0.39, 0.29) is 24.8 Å². The van der Waals surface area contributed by atoms with Crippen molar-refractivity contribution in [3.05, 3.63) is 4.91 Å². The fourth-order valence-electron chi connectivity index (χ4n) is 0.638. The van der Waals surface area contributed by atoms with Gasteiger partial charge in [-0.25, -0.2) is 0 Å². The zero-order chi connectivity index (χ0) is 9.40. The number of halogens is 2. The fourth-order valence-corrected chi connectivity index (χ4v) is 0.932. The molecule has 0 aliphatic heterocycles. The SMILES string of the molecule is O=NN(CCCl)C(=O)CCCCl. The molecule has 0 aromatic rings. The zero-order valence-corrected chi connectivity index (χ0v) is 8.01. The Morgan fingerprint density at radius 1 is 1.33 bits per heavy atom. The molecule has 0 aliphatic carbocycles. The predicted octanol–water partition coefficient (Wildman–Crippen LogP) is 1.75. The Balaban J connectivity index is 3.77. The number of nitrogens with zero attached hydrogens (tertiary/aromatic N) is 2. The molecule has 0 fully saturated rings. The molecule has 0 aliphatic rings. The summed E-state index contributed by atoms with van der Waals surface area (Å²) in [5.74, 6) is 0.281. The van der Waals surface area contributed by atoms with Crippen molar-refractivity contribution in [2.75, 3.05) is 18.3 Å². The molecule has 0 aromatic heterocycles. The first-order chi connectivity index (χ1) is 5.76. The molecule has 0 atom stereocenters. The number of carbonyl (C=O) groups is 1. The van der Waals surface area contributed by atoms with E-state index in [4.69, 9.17) is 23.2 Å². The molecule has 0 saturated heterocycles. The molecule has 70 valence electrons. The number of carbonyl (C=O) groups excluding carboxylic acids is 1. The summed E-state index contributed by atoms with van der Waals surface area (Å²) in [6, 6.07) is 0. The Morgan fingerprint density at radius 3 is 2.42 bits per heavy atom.